The van der Waals surface area contributed by atoms with Gasteiger partial charge < -0.3 is 20.7 Å². The minimum atomic E-state index is 0. The number of carbonyl (C=O) groups is 1. The third kappa shape index (κ3) is 7.52. The Hall–Kier alpha value is -2.36. The monoisotopic (exact) mass is 509 g/mol. The van der Waals surface area contributed by atoms with Crippen LogP contribution in [0.2, 0.25) is 0 Å². The number of benzene rings is 1. The van der Waals surface area contributed by atoms with Gasteiger partial charge in [0.05, 0.1) is 6.54 Å². The predicted molar refractivity (Wildman–Crippen MR) is 126 cm³/mol. The van der Waals surface area contributed by atoms with Crippen molar-refractivity contribution in [1.29, 1.82) is 0 Å². The summed E-state index contributed by atoms with van der Waals surface area (Å²) in [6.07, 6.45) is 3.89. The standard InChI is InChI=1S/C21H27N5O2.HI/c1-2-22-21(24-12-10-17-5-3-4-11-23-17)25-13-14-28-18-7-8-19-16(15-18)6-9-20(27)26-19;/h3-5,7-8,11,15H,2,6,9-10,12-14H2,1H3,(H,26,27)(H2,22,24,25);1H. The second-order valence-electron chi connectivity index (χ2n) is 6.47. The predicted octanol–water partition coefficient (Wildman–Crippen LogP) is 2.76. The zero-order valence-electron chi connectivity index (χ0n) is 16.6. The van der Waals surface area contributed by atoms with Crippen molar-refractivity contribution >= 4 is 41.5 Å². The molecule has 3 N–H and O–H groups in total. The summed E-state index contributed by atoms with van der Waals surface area (Å²) < 4.78 is 5.83. The lowest BCUT2D eigenvalue weighted by atomic mass is 10.0. The van der Waals surface area contributed by atoms with E-state index >= 15 is 0 Å². The second kappa shape index (κ2) is 12.3. The van der Waals surface area contributed by atoms with Crippen molar-refractivity contribution in [2.45, 2.75) is 26.2 Å². The van der Waals surface area contributed by atoms with E-state index in [4.69, 9.17) is 4.74 Å². The fourth-order valence-corrected chi connectivity index (χ4v) is 2.96. The van der Waals surface area contributed by atoms with Crippen molar-refractivity contribution < 1.29 is 9.53 Å². The fourth-order valence-electron chi connectivity index (χ4n) is 2.96. The van der Waals surface area contributed by atoms with E-state index < -0.39 is 0 Å². The van der Waals surface area contributed by atoms with Crippen LogP contribution in [0.3, 0.4) is 0 Å². The van der Waals surface area contributed by atoms with Crippen LogP contribution < -0.4 is 20.7 Å². The van der Waals surface area contributed by atoms with Gasteiger partial charge in [-0.05, 0) is 49.2 Å². The highest BCUT2D eigenvalue weighted by Gasteiger charge is 2.14. The minimum Gasteiger partial charge on any atom is -0.492 e. The van der Waals surface area contributed by atoms with E-state index in [2.05, 4.69) is 25.9 Å². The maximum absolute atomic E-state index is 11.4. The molecular weight excluding hydrogens is 481 g/mol. The number of hydrogen-bond donors (Lipinski definition) is 3. The van der Waals surface area contributed by atoms with E-state index in [1.165, 1.54) is 0 Å². The Morgan fingerprint density at radius 3 is 2.93 bits per heavy atom. The first-order valence-corrected chi connectivity index (χ1v) is 9.72. The average molecular weight is 509 g/mol. The number of guanidine groups is 1. The molecule has 29 heavy (non-hydrogen) atoms. The molecule has 1 aromatic carbocycles. The molecular formula is C21H28IN5O2. The summed E-state index contributed by atoms with van der Waals surface area (Å²) in [6.45, 7) is 4.67. The number of ether oxygens (including phenoxy) is 1. The van der Waals surface area contributed by atoms with Crippen LogP contribution in [0.4, 0.5) is 5.69 Å². The molecule has 0 unspecified atom stereocenters. The molecule has 2 aromatic rings. The van der Waals surface area contributed by atoms with Gasteiger partial charge in [0.1, 0.15) is 12.4 Å². The summed E-state index contributed by atoms with van der Waals surface area (Å²) in [7, 11) is 0. The molecule has 7 nitrogen and oxygen atoms in total. The first-order valence-electron chi connectivity index (χ1n) is 9.72. The van der Waals surface area contributed by atoms with Crippen LogP contribution in [-0.4, -0.2) is 43.1 Å². The van der Waals surface area contributed by atoms with Gasteiger partial charge in [0.2, 0.25) is 5.91 Å². The summed E-state index contributed by atoms with van der Waals surface area (Å²) >= 11 is 0. The van der Waals surface area contributed by atoms with Crippen LogP contribution in [0.25, 0.3) is 0 Å². The number of pyridine rings is 1. The van der Waals surface area contributed by atoms with E-state index in [1.54, 1.807) is 6.20 Å². The lowest BCUT2D eigenvalue weighted by molar-refractivity contribution is -0.116. The van der Waals surface area contributed by atoms with Crippen molar-refractivity contribution in [3.63, 3.8) is 0 Å². The number of carbonyl (C=O) groups excluding carboxylic acids is 1. The molecule has 0 saturated carbocycles. The number of aromatic nitrogens is 1. The summed E-state index contributed by atoms with van der Waals surface area (Å²) in [5, 5.41) is 9.40. The number of rotatable bonds is 8. The maximum atomic E-state index is 11.4. The Labute approximate surface area is 188 Å². The Morgan fingerprint density at radius 1 is 1.24 bits per heavy atom. The third-order valence-electron chi connectivity index (χ3n) is 4.34. The number of hydrogen-bond acceptors (Lipinski definition) is 4. The molecule has 1 aliphatic rings. The molecule has 8 heteroatoms. The van der Waals surface area contributed by atoms with E-state index in [-0.39, 0.29) is 29.9 Å². The summed E-state index contributed by atoms with van der Waals surface area (Å²) in [5.41, 5.74) is 3.04. The Balaban J connectivity index is 0.00000300. The van der Waals surface area contributed by atoms with Crippen LogP contribution >= 0.6 is 24.0 Å². The molecule has 0 atom stereocenters. The maximum Gasteiger partial charge on any atom is 0.224 e. The number of anilines is 1. The van der Waals surface area contributed by atoms with Gasteiger partial charge >= 0.3 is 0 Å². The smallest absolute Gasteiger partial charge is 0.224 e. The summed E-state index contributed by atoms with van der Waals surface area (Å²) in [6, 6.07) is 11.7. The SMILES string of the molecule is CCNC(=NCCc1ccccn1)NCCOc1ccc2c(c1)CCC(=O)N2.I. The van der Waals surface area contributed by atoms with Crippen molar-refractivity contribution in [1.82, 2.24) is 15.6 Å². The van der Waals surface area contributed by atoms with Crippen LogP contribution in [0.1, 0.15) is 24.6 Å². The van der Waals surface area contributed by atoms with E-state index in [1.807, 2.05) is 43.3 Å². The molecule has 3 rings (SSSR count). The lowest BCUT2D eigenvalue weighted by Crippen LogP contribution is -2.39. The highest BCUT2D eigenvalue weighted by molar-refractivity contribution is 14.0. The number of nitrogens with one attached hydrogen (secondary N) is 3. The Kier molecular flexibility index (Phi) is 9.69. The summed E-state index contributed by atoms with van der Waals surface area (Å²) in [5.74, 6) is 1.66. The van der Waals surface area contributed by atoms with Gasteiger partial charge in [-0.3, -0.25) is 14.8 Å². The molecule has 2 heterocycles. The Bertz CT molecular complexity index is 814. The number of amides is 1. The first-order chi connectivity index (χ1) is 13.7. The van der Waals surface area contributed by atoms with Gasteiger partial charge in [-0.15, -0.1) is 24.0 Å². The zero-order valence-corrected chi connectivity index (χ0v) is 18.9. The molecule has 1 aliphatic heterocycles. The topological polar surface area (TPSA) is 87.6 Å². The molecule has 1 amide bonds. The normalized spacial score (nSPS) is 13.0. The molecule has 0 saturated heterocycles. The van der Waals surface area contributed by atoms with Gasteiger partial charge in [0, 0.05) is 43.5 Å². The van der Waals surface area contributed by atoms with Gasteiger partial charge in [-0.1, -0.05) is 6.07 Å². The second-order valence-corrected chi connectivity index (χ2v) is 6.47. The molecule has 0 aliphatic carbocycles. The number of aliphatic imine (C=N–C) groups is 1. The van der Waals surface area contributed by atoms with Crippen LogP contribution in [0.15, 0.2) is 47.6 Å². The first kappa shape index (κ1) is 22.9. The molecule has 1 aromatic heterocycles. The molecule has 0 fully saturated rings. The zero-order chi connectivity index (χ0) is 19.6. The fraction of sp³-hybridized carbons (Fsp3) is 0.381. The van der Waals surface area contributed by atoms with Crippen molar-refractivity contribution in [3.05, 3.63) is 53.9 Å². The molecule has 0 bridgehead atoms. The number of halogens is 1. The van der Waals surface area contributed by atoms with Gasteiger partial charge in [-0.25, -0.2) is 0 Å². The molecule has 156 valence electrons. The lowest BCUT2D eigenvalue weighted by Gasteiger charge is -2.18. The van der Waals surface area contributed by atoms with Crippen LogP contribution in [-0.2, 0) is 17.6 Å². The van der Waals surface area contributed by atoms with E-state index in [0.717, 1.165) is 48.0 Å². The van der Waals surface area contributed by atoms with E-state index in [9.17, 15) is 4.79 Å². The van der Waals surface area contributed by atoms with Gasteiger partial charge in [-0.2, -0.15) is 0 Å². The van der Waals surface area contributed by atoms with Crippen LogP contribution in [0, 0.1) is 0 Å². The molecule has 0 spiro atoms. The minimum absolute atomic E-state index is 0. The quantitative estimate of drug-likeness (QED) is 0.221. The van der Waals surface area contributed by atoms with Gasteiger partial charge in [0.25, 0.3) is 0 Å². The Morgan fingerprint density at radius 2 is 2.14 bits per heavy atom. The highest BCUT2D eigenvalue weighted by atomic mass is 127. The van der Waals surface area contributed by atoms with E-state index in [0.29, 0.717) is 26.1 Å². The highest BCUT2D eigenvalue weighted by Crippen LogP contribution is 2.26. The summed E-state index contributed by atoms with van der Waals surface area (Å²) in [4.78, 5) is 20.3. The average Bonchev–Trinajstić information content (AvgIpc) is 2.72. The number of fused-ring (bicyclic) bond motifs is 1. The van der Waals surface area contributed by atoms with Crippen molar-refractivity contribution in [2.24, 2.45) is 4.99 Å². The number of nitrogens with zero attached hydrogens (tertiary/aromatic N) is 2. The third-order valence-corrected chi connectivity index (χ3v) is 4.34. The number of aryl methyl sites for hydroxylation is 1. The molecule has 0 radical (unpaired) electrons. The van der Waals surface area contributed by atoms with Crippen LogP contribution in [0.5, 0.6) is 5.75 Å². The van der Waals surface area contributed by atoms with Crippen molar-refractivity contribution in [3.8, 4) is 5.75 Å². The largest absolute Gasteiger partial charge is 0.492 e. The van der Waals surface area contributed by atoms with Crippen molar-refractivity contribution in [2.75, 3.05) is 31.6 Å². The van der Waals surface area contributed by atoms with Gasteiger partial charge in [0.15, 0.2) is 5.96 Å².